The zero-order valence-corrected chi connectivity index (χ0v) is 15.6. The Balaban J connectivity index is 1.98. The Bertz CT molecular complexity index is 654. The molecular formula is C19H22BrNS. The lowest BCUT2D eigenvalue weighted by Crippen LogP contribution is -2.14. The third-order valence-corrected chi connectivity index (χ3v) is 5.89. The number of rotatable bonds is 4. The Labute approximate surface area is 146 Å². The number of benzene rings is 2. The fourth-order valence-corrected chi connectivity index (χ4v) is 4.66. The van der Waals surface area contributed by atoms with Crippen molar-refractivity contribution in [1.29, 1.82) is 0 Å². The second-order valence-corrected chi connectivity index (χ2v) is 8.10. The summed E-state index contributed by atoms with van der Waals surface area (Å²) in [5.41, 5.74) is 4.50. The Morgan fingerprint density at radius 1 is 1.14 bits per heavy atom. The molecule has 1 unspecified atom stereocenters. The molecule has 1 atom stereocenters. The molecule has 3 heteroatoms. The smallest absolute Gasteiger partial charge is 0.0235 e. The van der Waals surface area contributed by atoms with Crippen LogP contribution in [0.1, 0.15) is 35.4 Å². The van der Waals surface area contributed by atoms with E-state index in [1.807, 2.05) is 11.8 Å². The Morgan fingerprint density at radius 3 is 2.77 bits per heavy atom. The van der Waals surface area contributed by atoms with E-state index in [9.17, 15) is 0 Å². The molecule has 1 nitrogen and oxygen atoms in total. The van der Waals surface area contributed by atoms with E-state index >= 15 is 0 Å². The highest BCUT2D eigenvalue weighted by Gasteiger charge is 2.23. The molecule has 0 N–H and O–H groups in total. The van der Waals surface area contributed by atoms with Gasteiger partial charge in [-0.2, -0.15) is 0 Å². The Kier molecular flexibility index (Phi) is 5.27. The maximum Gasteiger partial charge on any atom is 0.0235 e. The molecule has 0 spiro atoms. The zero-order valence-electron chi connectivity index (χ0n) is 13.2. The van der Waals surface area contributed by atoms with E-state index in [-0.39, 0.29) is 0 Å². The average Bonchev–Trinajstić information content (AvgIpc) is 2.65. The van der Waals surface area contributed by atoms with Gasteiger partial charge in [0.25, 0.3) is 0 Å². The summed E-state index contributed by atoms with van der Waals surface area (Å²) in [6.45, 7) is 1.15. The minimum atomic E-state index is 0.513. The van der Waals surface area contributed by atoms with Crippen LogP contribution in [-0.4, -0.2) is 25.5 Å². The van der Waals surface area contributed by atoms with Gasteiger partial charge in [0.1, 0.15) is 0 Å². The summed E-state index contributed by atoms with van der Waals surface area (Å²) in [5.74, 6) is 1.59. The molecule has 0 aliphatic carbocycles. The number of hydrogen-bond acceptors (Lipinski definition) is 2. The summed E-state index contributed by atoms with van der Waals surface area (Å²) < 4.78 is 1.18. The number of fused-ring (bicyclic) bond motifs is 2. The molecule has 0 bridgehead atoms. The molecule has 0 radical (unpaired) electrons. The standard InChI is InChI=1S/C19H22BrNS/c1-21(2)11-5-8-17-16-7-4-3-6-14(16)13-22-19-10-9-15(20)12-18(17)19/h3-4,6-7,9-10,12,17H,5,8,11,13H2,1-2H3. The van der Waals surface area contributed by atoms with Crippen LogP contribution in [0.4, 0.5) is 0 Å². The van der Waals surface area contributed by atoms with Gasteiger partial charge in [0, 0.05) is 21.0 Å². The molecule has 0 aromatic heterocycles. The fraction of sp³-hybridized carbons (Fsp3) is 0.368. The Hall–Kier alpha value is -0.770. The third kappa shape index (κ3) is 3.58. The first kappa shape index (κ1) is 16.1. The average molecular weight is 376 g/mol. The monoisotopic (exact) mass is 375 g/mol. The van der Waals surface area contributed by atoms with E-state index in [2.05, 4.69) is 77.4 Å². The molecule has 0 amide bonds. The van der Waals surface area contributed by atoms with Gasteiger partial charge in [-0.25, -0.2) is 0 Å². The highest BCUT2D eigenvalue weighted by molar-refractivity contribution is 9.10. The van der Waals surface area contributed by atoms with Crippen molar-refractivity contribution in [3.63, 3.8) is 0 Å². The summed E-state index contributed by atoms with van der Waals surface area (Å²) in [4.78, 5) is 3.72. The van der Waals surface area contributed by atoms with E-state index in [1.165, 1.54) is 38.9 Å². The molecule has 0 fully saturated rings. The minimum Gasteiger partial charge on any atom is -0.309 e. The van der Waals surface area contributed by atoms with Crippen LogP contribution in [-0.2, 0) is 5.75 Å². The van der Waals surface area contributed by atoms with Gasteiger partial charge in [0.15, 0.2) is 0 Å². The van der Waals surface area contributed by atoms with Gasteiger partial charge in [0.2, 0.25) is 0 Å². The number of hydrogen-bond donors (Lipinski definition) is 0. The summed E-state index contributed by atoms with van der Waals surface area (Å²) in [7, 11) is 4.31. The Morgan fingerprint density at radius 2 is 1.95 bits per heavy atom. The third-order valence-electron chi connectivity index (χ3n) is 4.26. The molecule has 2 aromatic rings. The summed E-state index contributed by atoms with van der Waals surface area (Å²) in [5, 5.41) is 0. The molecule has 0 saturated carbocycles. The second kappa shape index (κ2) is 7.20. The number of thioether (sulfide) groups is 1. The first-order chi connectivity index (χ1) is 10.6. The summed E-state index contributed by atoms with van der Waals surface area (Å²) in [6, 6.07) is 15.7. The van der Waals surface area contributed by atoms with E-state index < -0.39 is 0 Å². The van der Waals surface area contributed by atoms with Crippen molar-refractivity contribution < 1.29 is 0 Å². The topological polar surface area (TPSA) is 3.24 Å². The molecule has 2 aromatic carbocycles. The van der Waals surface area contributed by atoms with Crippen LogP contribution in [0.25, 0.3) is 0 Å². The molecule has 3 rings (SSSR count). The van der Waals surface area contributed by atoms with Crippen molar-refractivity contribution in [3.8, 4) is 0 Å². The van der Waals surface area contributed by atoms with Crippen LogP contribution in [0.2, 0.25) is 0 Å². The second-order valence-electron chi connectivity index (χ2n) is 6.17. The van der Waals surface area contributed by atoms with E-state index in [0.717, 1.165) is 12.3 Å². The summed E-state index contributed by atoms with van der Waals surface area (Å²) in [6.07, 6.45) is 2.43. The van der Waals surface area contributed by atoms with Crippen LogP contribution in [0.5, 0.6) is 0 Å². The molecule has 1 aliphatic rings. The van der Waals surface area contributed by atoms with Gasteiger partial charge < -0.3 is 4.90 Å². The highest BCUT2D eigenvalue weighted by Crippen LogP contribution is 2.43. The predicted octanol–water partition coefficient (Wildman–Crippen LogP) is 5.53. The van der Waals surface area contributed by atoms with Crippen molar-refractivity contribution in [3.05, 3.63) is 63.6 Å². The van der Waals surface area contributed by atoms with Crippen molar-refractivity contribution in [2.75, 3.05) is 20.6 Å². The molecule has 116 valence electrons. The van der Waals surface area contributed by atoms with Gasteiger partial charge in [-0.1, -0.05) is 40.2 Å². The van der Waals surface area contributed by atoms with E-state index in [1.54, 1.807) is 0 Å². The molecule has 1 aliphatic heterocycles. The first-order valence-electron chi connectivity index (χ1n) is 7.80. The van der Waals surface area contributed by atoms with Crippen molar-refractivity contribution in [2.24, 2.45) is 0 Å². The van der Waals surface area contributed by atoms with Crippen LogP contribution in [0.15, 0.2) is 51.8 Å². The molecular weight excluding hydrogens is 354 g/mol. The van der Waals surface area contributed by atoms with Crippen molar-refractivity contribution in [2.45, 2.75) is 29.4 Å². The number of nitrogens with zero attached hydrogens (tertiary/aromatic N) is 1. The predicted molar refractivity (Wildman–Crippen MR) is 99.8 cm³/mol. The molecule has 1 heterocycles. The normalized spacial score (nSPS) is 17.0. The van der Waals surface area contributed by atoms with Crippen molar-refractivity contribution >= 4 is 27.7 Å². The molecule has 22 heavy (non-hydrogen) atoms. The van der Waals surface area contributed by atoms with Crippen LogP contribution < -0.4 is 0 Å². The van der Waals surface area contributed by atoms with Gasteiger partial charge in [-0.3, -0.25) is 0 Å². The van der Waals surface area contributed by atoms with Gasteiger partial charge >= 0.3 is 0 Å². The largest absolute Gasteiger partial charge is 0.309 e. The highest BCUT2D eigenvalue weighted by atomic mass is 79.9. The van der Waals surface area contributed by atoms with Crippen LogP contribution >= 0.6 is 27.7 Å². The fourth-order valence-electron chi connectivity index (χ4n) is 3.17. The van der Waals surface area contributed by atoms with Crippen LogP contribution in [0, 0.1) is 0 Å². The minimum absolute atomic E-state index is 0.513. The number of halogens is 1. The lowest BCUT2D eigenvalue weighted by molar-refractivity contribution is 0.389. The quantitative estimate of drug-likeness (QED) is 0.690. The van der Waals surface area contributed by atoms with Gasteiger partial charge in [0.05, 0.1) is 0 Å². The van der Waals surface area contributed by atoms with Gasteiger partial charge in [-0.05, 0) is 68.4 Å². The maximum atomic E-state index is 3.66. The summed E-state index contributed by atoms with van der Waals surface area (Å²) >= 11 is 5.63. The SMILES string of the molecule is CN(C)CCCC1c2ccccc2CSc2ccc(Br)cc21. The molecule has 0 saturated heterocycles. The first-order valence-corrected chi connectivity index (χ1v) is 9.58. The lowest BCUT2D eigenvalue weighted by Gasteiger charge is -2.21. The van der Waals surface area contributed by atoms with Gasteiger partial charge in [-0.15, -0.1) is 11.8 Å². The maximum absolute atomic E-state index is 3.66. The zero-order chi connectivity index (χ0) is 15.5. The van der Waals surface area contributed by atoms with E-state index in [4.69, 9.17) is 0 Å². The lowest BCUT2D eigenvalue weighted by atomic mass is 9.85. The van der Waals surface area contributed by atoms with E-state index in [0.29, 0.717) is 5.92 Å². The van der Waals surface area contributed by atoms with Crippen molar-refractivity contribution in [1.82, 2.24) is 4.90 Å². The van der Waals surface area contributed by atoms with Crippen LogP contribution in [0.3, 0.4) is 0 Å².